The molecule has 1 aromatic rings. The van der Waals surface area contributed by atoms with Gasteiger partial charge in [-0.25, -0.2) is 0 Å². The van der Waals surface area contributed by atoms with Crippen LogP contribution in [0, 0.1) is 0 Å². The molecular formula is C14H12ClNO3S. The van der Waals surface area contributed by atoms with Gasteiger partial charge in [-0.3, -0.25) is 4.79 Å². The average Bonchev–Trinajstić information content (AvgIpc) is 2.42. The van der Waals surface area contributed by atoms with Gasteiger partial charge in [-0.05, 0) is 43.2 Å². The van der Waals surface area contributed by atoms with Crippen molar-refractivity contribution in [2.24, 2.45) is 4.40 Å². The Balaban J connectivity index is 2.56. The van der Waals surface area contributed by atoms with E-state index < -0.39 is 10.0 Å². The van der Waals surface area contributed by atoms with E-state index in [0.717, 1.165) is 0 Å². The first-order valence-electron chi connectivity index (χ1n) is 5.82. The Kier molecular flexibility index (Phi) is 3.92. The molecule has 104 valence electrons. The minimum Gasteiger partial charge on any atom is -0.288 e. The van der Waals surface area contributed by atoms with Gasteiger partial charge in [0.1, 0.15) is 0 Å². The smallest absolute Gasteiger partial charge is 0.282 e. The van der Waals surface area contributed by atoms with Crippen molar-refractivity contribution in [3.05, 3.63) is 52.6 Å². The molecule has 20 heavy (non-hydrogen) atoms. The number of rotatable bonds is 2. The van der Waals surface area contributed by atoms with Crippen molar-refractivity contribution in [2.75, 3.05) is 0 Å². The summed E-state index contributed by atoms with van der Waals surface area (Å²) in [6, 6.07) is 7.89. The number of halogens is 1. The lowest BCUT2D eigenvalue weighted by molar-refractivity contribution is -0.110. The van der Waals surface area contributed by atoms with Gasteiger partial charge in [-0.15, -0.1) is 0 Å². The van der Waals surface area contributed by atoms with Crippen molar-refractivity contribution in [3.8, 4) is 0 Å². The van der Waals surface area contributed by atoms with Gasteiger partial charge in [-0.1, -0.05) is 29.8 Å². The summed E-state index contributed by atoms with van der Waals surface area (Å²) >= 11 is 5.86. The van der Waals surface area contributed by atoms with Crippen LogP contribution in [0.25, 0.3) is 0 Å². The van der Waals surface area contributed by atoms with Crippen LogP contribution in [-0.2, 0) is 14.8 Å². The molecule has 1 aliphatic carbocycles. The molecule has 0 N–H and O–H groups in total. The minimum absolute atomic E-state index is 0.00221. The predicted molar refractivity (Wildman–Crippen MR) is 78.4 cm³/mol. The molecule has 0 unspecified atom stereocenters. The van der Waals surface area contributed by atoms with Gasteiger partial charge >= 0.3 is 0 Å². The number of ketones is 1. The Bertz CT molecular complexity index is 759. The van der Waals surface area contributed by atoms with Gasteiger partial charge in [-0.2, -0.15) is 12.8 Å². The van der Waals surface area contributed by atoms with Crippen molar-refractivity contribution in [3.63, 3.8) is 0 Å². The summed E-state index contributed by atoms with van der Waals surface area (Å²) in [6.45, 7) is 3.21. The first-order chi connectivity index (χ1) is 9.33. The number of nitrogens with zero attached hydrogens (tertiary/aromatic N) is 1. The summed E-state index contributed by atoms with van der Waals surface area (Å²) in [4.78, 5) is 11.6. The van der Waals surface area contributed by atoms with Crippen LogP contribution in [0.1, 0.15) is 13.8 Å². The Morgan fingerprint density at radius 1 is 1.10 bits per heavy atom. The molecule has 0 saturated heterocycles. The van der Waals surface area contributed by atoms with Gasteiger partial charge < -0.3 is 0 Å². The Labute approximate surface area is 122 Å². The Morgan fingerprint density at radius 3 is 2.30 bits per heavy atom. The maximum absolute atomic E-state index is 12.2. The minimum atomic E-state index is -3.82. The topological polar surface area (TPSA) is 63.6 Å². The van der Waals surface area contributed by atoms with Crippen molar-refractivity contribution in [1.82, 2.24) is 0 Å². The first-order valence-corrected chi connectivity index (χ1v) is 7.64. The standard InChI is InChI=1S/C14H12ClNO3S/c1-9-8-12(17)13(15)10(2)14(9)16-20(18,19)11-6-4-3-5-7-11/h3-8H,1-2H3. The van der Waals surface area contributed by atoms with Gasteiger partial charge in [0.05, 0.1) is 15.6 Å². The van der Waals surface area contributed by atoms with E-state index in [-0.39, 0.29) is 21.4 Å². The fraction of sp³-hybridized carbons (Fsp3) is 0.143. The number of allylic oxidation sites excluding steroid dienone is 4. The van der Waals surface area contributed by atoms with E-state index in [2.05, 4.69) is 4.40 Å². The number of carbonyl (C=O) groups is 1. The molecule has 1 aromatic carbocycles. The van der Waals surface area contributed by atoms with Crippen molar-refractivity contribution in [1.29, 1.82) is 0 Å². The Hall–Kier alpha value is -1.72. The van der Waals surface area contributed by atoms with E-state index in [1.807, 2.05) is 0 Å². The molecule has 4 nitrogen and oxygen atoms in total. The van der Waals surface area contributed by atoms with Crippen LogP contribution in [0.2, 0.25) is 0 Å². The number of benzene rings is 1. The molecule has 0 bridgehead atoms. The second kappa shape index (κ2) is 5.34. The van der Waals surface area contributed by atoms with Crippen LogP contribution >= 0.6 is 11.6 Å². The summed E-state index contributed by atoms with van der Waals surface area (Å²) in [5, 5.41) is -0.00221. The van der Waals surface area contributed by atoms with E-state index in [1.165, 1.54) is 18.2 Å². The lowest BCUT2D eigenvalue weighted by Crippen LogP contribution is -2.16. The lowest BCUT2D eigenvalue weighted by Gasteiger charge is -2.14. The molecule has 6 heteroatoms. The van der Waals surface area contributed by atoms with Gasteiger partial charge in [0.2, 0.25) is 0 Å². The van der Waals surface area contributed by atoms with E-state index in [4.69, 9.17) is 11.6 Å². The molecule has 0 aliphatic heterocycles. The molecule has 0 heterocycles. The van der Waals surface area contributed by atoms with E-state index in [9.17, 15) is 13.2 Å². The van der Waals surface area contributed by atoms with Crippen LogP contribution < -0.4 is 0 Å². The number of hydrogen-bond acceptors (Lipinski definition) is 3. The fourth-order valence-corrected chi connectivity index (χ4v) is 3.09. The van der Waals surface area contributed by atoms with Gasteiger partial charge in [0.15, 0.2) is 5.78 Å². The molecule has 0 saturated carbocycles. The van der Waals surface area contributed by atoms with Crippen LogP contribution in [0.3, 0.4) is 0 Å². The van der Waals surface area contributed by atoms with Gasteiger partial charge in [0.25, 0.3) is 10.0 Å². The monoisotopic (exact) mass is 309 g/mol. The highest BCUT2D eigenvalue weighted by Crippen LogP contribution is 2.24. The average molecular weight is 310 g/mol. The van der Waals surface area contributed by atoms with Crippen LogP contribution in [-0.4, -0.2) is 19.9 Å². The van der Waals surface area contributed by atoms with Crippen LogP contribution in [0.5, 0.6) is 0 Å². The molecule has 1 aliphatic rings. The number of carbonyl (C=O) groups excluding carboxylic acids is 1. The maximum atomic E-state index is 12.2. The number of hydrogen-bond donors (Lipinski definition) is 0. The zero-order chi connectivity index (χ0) is 14.9. The normalized spacial score (nSPS) is 18.4. The molecule has 0 spiro atoms. The molecule has 2 rings (SSSR count). The molecule has 0 atom stereocenters. The molecule has 0 radical (unpaired) electrons. The van der Waals surface area contributed by atoms with E-state index >= 15 is 0 Å². The highest BCUT2D eigenvalue weighted by molar-refractivity contribution is 7.90. The molecular weight excluding hydrogens is 298 g/mol. The first kappa shape index (κ1) is 14.7. The van der Waals surface area contributed by atoms with E-state index in [1.54, 1.807) is 32.0 Å². The zero-order valence-electron chi connectivity index (χ0n) is 10.9. The number of sulfonamides is 1. The summed E-state index contributed by atoms with van der Waals surface area (Å²) in [5.74, 6) is -0.335. The second-order valence-electron chi connectivity index (χ2n) is 4.36. The highest BCUT2D eigenvalue weighted by atomic mass is 35.5. The Morgan fingerprint density at radius 2 is 1.70 bits per heavy atom. The fourth-order valence-electron chi connectivity index (χ4n) is 1.82. The van der Waals surface area contributed by atoms with Crippen molar-refractivity contribution >= 4 is 33.1 Å². The zero-order valence-corrected chi connectivity index (χ0v) is 12.5. The van der Waals surface area contributed by atoms with Crippen LogP contribution in [0.4, 0.5) is 0 Å². The third kappa shape index (κ3) is 2.73. The molecule has 0 fully saturated rings. The summed E-state index contributed by atoms with van der Waals surface area (Å²) < 4.78 is 28.2. The third-order valence-corrected chi connectivity index (χ3v) is 4.63. The maximum Gasteiger partial charge on any atom is 0.282 e. The van der Waals surface area contributed by atoms with E-state index in [0.29, 0.717) is 11.1 Å². The summed E-state index contributed by atoms with van der Waals surface area (Å²) in [7, 11) is -3.82. The van der Waals surface area contributed by atoms with Gasteiger partial charge in [0, 0.05) is 0 Å². The largest absolute Gasteiger partial charge is 0.288 e. The predicted octanol–water partition coefficient (Wildman–Crippen LogP) is 2.86. The van der Waals surface area contributed by atoms with Crippen molar-refractivity contribution < 1.29 is 13.2 Å². The quantitative estimate of drug-likeness (QED) is 0.789. The summed E-state index contributed by atoms with van der Waals surface area (Å²) in [5.41, 5.74) is 1.08. The van der Waals surface area contributed by atoms with Crippen molar-refractivity contribution in [2.45, 2.75) is 18.7 Å². The molecule has 0 aromatic heterocycles. The highest BCUT2D eigenvalue weighted by Gasteiger charge is 2.23. The molecule has 0 amide bonds. The second-order valence-corrected chi connectivity index (χ2v) is 6.34. The lowest BCUT2D eigenvalue weighted by atomic mass is 9.97. The third-order valence-electron chi connectivity index (χ3n) is 2.87. The van der Waals surface area contributed by atoms with Crippen LogP contribution in [0.15, 0.2) is 61.9 Å². The summed E-state index contributed by atoms with van der Waals surface area (Å²) in [6.07, 6.45) is 1.29. The SMILES string of the molecule is CC1=CC(=O)C(Cl)=C(C)C1=NS(=O)(=O)c1ccccc1.